The Morgan fingerprint density at radius 1 is 1.26 bits per heavy atom. The van der Waals surface area contributed by atoms with Gasteiger partial charge in [0.25, 0.3) is 0 Å². The second-order valence-corrected chi connectivity index (χ2v) is 5.79. The van der Waals surface area contributed by atoms with Crippen molar-refractivity contribution in [2.75, 3.05) is 5.32 Å². The Kier molecular flexibility index (Phi) is 4.71. The second-order valence-electron chi connectivity index (χ2n) is 4.15. The molecule has 0 heterocycles. The highest BCUT2D eigenvalue weighted by atomic mass is 79.9. The molecule has 1 nitrogen and oxygen atoms in total. The fourth-order valence-electron chi connectivity index (χ4n) is 1.71. The van der Waals surface area contributed by atoms with E-state index in [2.05, 4.69) is 21.2 Å². The Morgan fingerprint density at radius 2 is 2.00 bits per heavy atom. The van der Waals surface area contributed by atoms with E-state index < -0.39 is 0 Å². The van der Waals surface area contributed by atoms with E-state index in [0.29, 0.717) is 21.1 Å². The fourth-order valence-corrected chi connectivity index (χ4v) is 2.44. The van der Waals surface area contributed by atoms with E-state index in [-0.39, 0.29) is 5.82 Å². The summed E-state index contributed by atoms with van der Waals surface area (Å²) in [6.07, 6.45) is 0. The standard InChI is InChI=1S/C14H11BrCl2FN/c1-8-5-12(18)10(15)6-13(8)19-7-9-3-2-4-11(16)14(9)17/h2-6,19H,7H2,1H3. The molecule has 0 spiro atoms. The normalized spacial score (nSPS) is 10.6. The predicted octanol–water partition coefficient (Wildman–Crippen LogP) is 5.82. The van der Waals surface area contributed by atoms with Crippen molar-refractivity contribution < 1.29 is 4.39 Å². The topological polar surface area (TPSA) is 12.0 Å². The third-order valence-electron chi connectivity index (χ3n) is 2.77. The third-order valence-corrected chi connectivity index (χ3v) is 4.23. The van der Waals surface area contributed by atoms with Gasteiger partial charge in [-0.05, 0) is 52.2 Å². The zero-order chi connectivity index (χ0) is 14.0. The summed E-state index contributed by atoms with van der Waals surface area (Å²) >= 11 is 15.2. The van der Waals surface area contributed by atoms with Gasteiger partial charge < -0.3 is 5.32 Å². The van der Waals surface area contributed by atoms with Gasteiger partial charge in [0.05, 0.1) is 14.5 Å². The smallest absolute Gasteiger partial charge is 0.137 e. The summed E-state index contributed by atoms with van der Waals surface area (Å²) in [5.41, 5.74) is 2.58. The summed E-state index contributed by atoms with van der Waals surface area (Å²) < 4.78 is 13.8. The maximum absolute atomic E-state index is 13.3. The minimum atomic E-state index is -0.274. The van der Waals surface area contributed by atoms with Crippen molar-refractivity contribution in [2.24, 2.45) is 0 Å². The van der Waals surface area contributed by atoms with E-state index in [4.69, 9.17) is 23.2 Å². The number of hydrogen-bond donors (Lipinski definition) is 1. The highest BCUT2D eigenvalue weighted by Gasteiger charge is 2.07. The Morgan fingerprint density at radius 3 is 2.74 bits per heavy atom. The Balaban J connectivity index is 2.19. The first-order valence-corrected chi connectivity index (χ1v) is 7.16. The monoisotopic (exact) mass is 361 g/mol. The van der Waals surface area contributed by atoms with Gasteiger partial charge in [0.2, 0.25) is 0 Å². The largest absolute Gasteiger partial charge is 0.381 e. The quantitative estimate of drug-likeness (QED) is 0.725. The number of anilines is 1. The van der Waals surface area contributed by atoms with E-state index >= 15 is 0 Å². The number of halogens is 4. The lowest BCUT2D eigenvalue weighted by Crippen LogP contribution is -2.02. The molecule has 0 aliphatic rings. The SMILES string of the molecule is Cc1cc(F)c(Br)cc1NCc1cccc(Cl)c1Cl. The van der Waals surface area contributed by atoms with Crippen LogP contribution in [0.25, 0.3) is 0 Å². The lowest BCUT2D eigenvalue weighted by Gasteiger charge is -2.12. The second kappa shape index (κ2) is 6.12. The number of nitrogens with one attached hydrogen (secondary N) is 1. The Bertz CT molecular complexity index is 617. The highest BCUT2D eigenvalue weighted by molar-refractivity contribution is 9.10. The molecule has 0 saturated carbocycles. The Hall–Kier alpha value is -0.770. The lowest BCUT2D eigenvalue weighted by molar-refractivity contribution is 0.620. The molecule has 0 fully saturated rings. The van der Waals surface area contributed by atoms with Gasteiger partial charge in [-0.15, -0.1) is 0 Å². The van der Waals surface area contributed by atoms with Crippen LogP contribution in [0.3, 0.4) is 0 Å². The van der Waals surface area contributed by atoms with Crippen LogP contribution in [0.2, 0.25) is 10.0 Å². The first-order valence-electron chi connectivity index (χ1n) is 5.61. The van der Waals surface area contributed by atoms with E-state index in [1.54, 1.807) is 12.1 Å². The van der Waals surface area contributed by atoms with Crippen molar-refractivity contribution in [3.63, 3.8) is 0 Å². The predicted molar refractivity (Wildman–Crippen MR) is 82.6 cm³/mol. The number of aryl methyl sites for hydroxylation is 1. The molecule has 1 N–H and O–H groups in total. The van der Waals surface area contributed by atoms with Gasteiger partial charge in [-0.25, -0.2) is 4.39 Å². The van der Waals surface area contributed by atoms with Crippen LogP contribution in [0.5, 0.6) is 0 Å². The molecule has 0 aliphatic heterocycles. The van der Waals surface area contributed by atoms with Crippen LogP contribution in [0, 0.1) is 12.7 Å². The minimum Gasteiger partial charge on any atom is -0.381 e. The molecular weight excluding hydrogens is 352 g/mol. The molecule has 0 radical (unpaired) electrons. The molecule has 2 aromatic rings. The molecule has 0 saturated heterocycles. The van der Waals surface area contributed by atoms with Crippen LogP contribution in [0.15, 0.2) is 34.8 Å². The van der Waals surface area contributed by atoms with Crippen LogP contribution in [-0.4, -0.2) is 0 Å². The van der Waals surface area contributed by atoms with Crippen molar-refractivity contribution in [1.29, 1.82) is 0 Å². The number of rotatable bonds is 3. The van der Waals surface area contributed by atoms with Crippen LogP contribution >= 0.6 is 39.1 Å². The maximum Gasteiger partial charge on any atom is 0.137 e. The zero-order valence-electron chi connectivity index (χ0n) is 10.1. The molecule has 5 heteroatoms. The maximum atomic E-state index is 13.3. The molecule has 0 aromatic heterocycles. The van der Waals surface area contributed by atoms with Crippen LogP contribution in [0.4, 0.5) is 10.1 Å². The third kappa shape index (κ3) is 3.41. The number of hydrogen-bond acceptors (Lipinski definition) is 1. The zero-order valence-corrected chi connectivity index (χ0v) is 13.2. The summed E-state index contributed by atoms with van der Waals surface area (Å²) in [6, 6.07) is 8.68. The molecule has 0 amide bonds. The molecule has 2 aromatic carbocycles. The van der Waals surface area contributed by atoms with Gasteiger partial charge in [0, 0.05) is 12.2 Å². The molecule has 0 unspecified atom stereocenters. The van der Waals surface area contributed by atoms with Gasteiger partial charge >= 0.3 is 0 Å². The Labute approximate surface area is 129 Å². The van der Waals surface area contributed by atoms with Crippen molar-refractivity contribution in [3.05, 3.63) is 61.8 Å². The molecule has 0 bridgehead atoms. The summed E-state index contributed by atoms with van der Waals surface area (Å²) in [4.78, 5) is 0. The van der Waals surface area contributed by atoms with Gasteiger partial charge in [0.1, 0.15) is 5.82 Å². The van der Waals surface area contributed by atoms with Crippen molar-refractivity contribution in [2.45, 2.75) is 13.5 Å². The average molecular weight is 363 g/mol. The molecule has 0 aliphatic carbocycles. The first kappa shape index (κ1) is 14.6. The fraction of sp³-hybridized carbons (Fsp3) is 0.143. The van der Waals surface area contributed by atoms with E-state index in [0.717, 1.165) is 16.8 Å². The van der Waals surface area contributed by atoms with E-state index in [9.17, 15) is 4.39 Å². The highest BCUT2D eigenvalue weighted by Crippen LogP contribution is 2.28. The average Bonchev–Trinajstić information content (AvgIpc) is 2.37. The van der Waals surface area contributed by atoms with Crippen molar-refractivity contribution in [1.82, 2.24) is 0 Å². The summed E-state index contributed by atoms with van der Waals surface area (Å²) in [6.45, 7) is 2.37. The van der Waals surface area contributed by atoms with Gasteiger partial charge in [-0.3, -0.25) is 0 Å². The van der Waals surface area contributed by atoms with E-state index in [1.165, 1.54) is 6.07 Å². The van der Waals surface area contributed by atoms with Crippen LogP contribution in [0.1, 0.15) is 11.1 Å². The molecule has 0 atom stereocenters. The molecule has 2 rings (SSSR count). The summed E-state index contributed by atoms with van der Waals surface area (Å²) in [5, 5.41) is 4.29. The summed E-state index contributed by atoms with van der Waals surface area (Å²) in [7, 11) is 0. The van der Waals surface area contributed by atoms with Crippen molar-refractivity contribution in [3.8, 4) is 0 Å². The molecule has 100 valence electrons. The van der Waals surface area contributed by atoms with Gasteiger partial charge in [0.15, 0.2) is 0 Å². The van der Waals surface area contributed by atoms with Gasteiger partial charge in [-0.1, -0.05) is 35.3 Å². The van der Waals surface area contributed by atoms with E-state index in [1.807, 2.05) is 19.1 Å². The summed E-state index contributed by atoms with van der Waals surface area (Å²) in [5.74, 6) is -0.274. The van der Waals surface area contributed by atoms with Crippen LogP contribution in [-0.2, 0) is 6.54 Å². The van der Waals surface area contributed by atoms with Crippen LogP contribution < -0.4 is 5.32 Å². The first-order chi connectivity index (χ1) is 8.99. The lowest BCUT2D eigenvalue weighted by atomic mass is 10.1. The molecule has 19 heavy (non-hydrogen) atoms. The van der Waals surface area contributed by atoms with Gasteiger partial charge in [-0.2, -0.15) is 0 Å². The molecular formula is C14H11BrCl2FN. The number of benzene rings is 2. The van der Waals surface area contributed by atoms with Crippen molar-refractivity contribution >= 4 is 44.8 Å². The minimum absolute atomic E-state index is 0.274.